The first-order valence-electron chi connectivity index (χ1n) is 8.83. The highest BCUT2D eigenvalue weighted by Crippen LogP contribution is 2.25. The third-order valence-corrected chi connectivity index (χ3v) is 6.42. The molecule has 6 nitrogen and oxygen atoms in total. The van der Waals surface area contributed by atoms with Crippen LogP contribution in [-0.4, -0.2) is 30.9 Å². The van der Waals surface area contributed by atoms with Crippen molar-refractivity contribution in [2.75, 3.05) is 5.32 Å². The molecular weight excluding hydrogens is 390 g/mol. The Labute approximate surface area is 171 Å². The predicted octanol–water partition coefficient (Wildman–Crippen LogP) is 4.13. The molecule has 2 aromatic carbocycles. The molecule has 0 aliphatic rings. The van der Waals surface area contributed by atoms with Gasteiger partial charge in [-0.1, -0.05) is 36.0 Å². The first kappa shape index (κ1) is 18.6. The molecule has 4 rings (SSSR count). The van der Waals surface area contributed by atoms with E-state index >= 15 is 0 Å². The largest absolute Gasteiger partial charge is 0.325 e. The van der Waals surface area contributed by atoms with Gasteiger partial charge in [-0.25, -0.2) is 4.98 Å². The molecule has 2 aromatic heterocycles. The van der Waals surface area contributed by atoms with Gasteiger partial charge in [0.1, 0.15) is 6.33 Å². The molecule has 2 heterocycles. The van der Waals surface area contributed by atoms with E-state index in [0.717, 1.165) is 22.6 Å². The highest BCUT2D eigenvalue weighted by molar-refractivity contribution is 8.00. The van der Waals surface area contributed by atoms with Crippen molar-refractivity contribution in [3.8, 4) is 0 Å². The molecule has 0 radical (unpaired) electrons. The van der Waals surface area contributed by atoms with Crippen molar-refractivity contribution in [3.05, 3.63) is 65.4 Å². The van der Waals surface area contributed by atoms with Gasteiger partial charge in [0.25, 0.3) is 0 Å². The minimum Gasteiger partial charge on any atom is -0.325 e. The Morgan fingerprint density at radius 2 is 2.00 bits per heavy atom. The number of thioether (sulfide) groups is 1. The SMILES string of the molecule is CC(Sc1nncn1C)C(=O)Nc1ccc(Cc2nc3ccccc3s2)cc1. The minimum atomic E-state index is -0.273. The van der Waals surface area contributed by atoms with Gasteiger partial charge in [-0.2, -0.15) is 0 Å². The maximum atomic E-state index is 12.4. The van der Waals surface area contributed by atoms with Gasteiger partial charge in [0.15, 0.2) is 5.16 Å². The van der Waals surface area contributed by atoms with Gasteiger partial charge < -0.3 is 9.88 Å². The Morgan fingerprint density at radius 1 is 1.21 bits per heavy atom. The highest BCUT2D eigenvalue weighted by Gasteiger charge is 2.17. The van der Waals surface area contributed by atoms with Crippen molar-refractivity contribution in [1.82, 2.24) is 19.7 Å². The molecule has 1 amide bonds. The fraction of sp³-hybridized carbons (Fsp3) is 0.200. The number of carbonyl (C=O) groups excluding carboxylic acids is 1. The lowest BCUT2D eigenvalue weighted by molar-refractivity contribution is -0.115. The summed E-state index contributed by atoms with van der Waals surface area (Å²) < 4.78 is 3.00. The van der Waals surface area contributed by atoms with E-state index in [1.54, 1.807) is 22.2 Å². The van der Waals surface area contributed by atoms with Crippen LogP contribution in [0.2, 0.25) is 0 Å². The Bertz CT molecular complexity index is 1070. The summed E-state index contributed by atoms with van der Waals surface area (Å²) in [6.45, 7) is 1.86. The number of hydrogen-bond donors (Lipinski definition) is 1. The molecule has 0 aliphatic heterocycles. The first-order valence-corrected chi connectivity index (χ1v) is 10.5. The molecular formula is C20H19N5OS2. The van der Waals surface area contributed by atoms with E-state index in [9.17, 15) is 4.79 Å². The number of hydrogen-bond acceptors (Lipinski definition) is 6. The van der Waals surface area contributed by atoms with Crippen LogP contribution >= 0.6 is 23.1 Å². The van der Waals surface area contributed by atoms with Gasteiger partial charge in [0.05, 0.1) is 20.5 Å². The van der Waals surface area contributed by atoms with Crippen molar-refractivity contribution in [2.45, 2.75) is 23.8 Å². The Hall–Kier alpha value is -2.71. The lowest BCUT2D eigenvalue weighted by atomic mass is 10.1. The third kappa shape index (κ3) is 4.23. The van der Waals surface area contributed by atoms with Crippen LogP contribution < -0.4 is 5.32 Å². The molecule has 0 aliphatic carbocycles. The lowest BCUT2D eigenvalue weighted by Crippen LogP contribution is -2.22. The van der Waals surface area contributed by atoms with E-state index in [1.165, 1.54) is 22.0 Å². The normalized spacial score (nSPS) is 12.2. The van der Waals surface area contributed by atoms with Crippen molar-refractivity contribution in [2.24, 2.45) is 7.05 Å². The summed E-state index contributed by atoms with van der Waals surface area (Å²) in [5.74, 6) is -0.0630. The second-order valence-corrected chi connectivity index (χ2v) is 8.85. The molecule has 1 unspecified atom stereocenters. The van der Waals surface area contributed by atoms with Crippen molar-refractivity contribution < 1.29 is 4.79 Å². The number of carbonyl (C=O) groups is 1. The van der Waals surface area contributed by atoms with Crippen molar-refractivity contribution in [1.29, 1.82) is 0 Å². The molecule has 0 saturated heterocycles. The minimum absolute atomic E-state index is 0.0630. The van der Waals surface area contributed by atoms with E-state index in [0.29, 0.717) is 5.16 Å². The quantitative estimate of drug-likeness (QED) is 0.485. The summed E-state index contributed by atoms with van der Waals surface area (Å²) in [5.41, 5.74) is 2.99. The van der Waals surface area contributed by atoms with Gasteiger partial charge in [0.2, 0.25) is 5.91 Å². The van der Waals surface area contributed by atoms with Crippen LogP contribution in [0.5, 0.6) is 0 Å². The van der Waals surface area contributed by atoms with E-state index in [-0.39, 0.29) is 11.2 Å². The highest BCUT2D eigenvalue weighted by atomic mass is 32.2. The lowest BCUT2D eigenvalue weighted by Gasteiger charge is -2.11. The van der Waals surface area contributed by atoms with Crippen LogP contribution in [0.15, 0.2) is 60.0 Å². The number of thiazole rings is 1. The van der Waals surface area contributed by atoms with Gasteiger partial charge in [-0.15, -0.1) is 21.5 Å². The summed E-state index contributed by atoms with van der Waals surface area (Å²) in [4.78, 5) is 17.1. The van der Waals surface area contributed by atoms with Gasteiger partial charge in [-0.3, -0.25) is 4.79 Å². The second kappa shape index (κ2) is 8.12. The number of nitrogens with zero attached hydrogens (tertiary/aromatic N) is 4. The van der Waals surface area contributed by atoms with Crippen LogP contribution in [0.3, 0.4) is 0 Å². The first-order chi connectivity index (χ1) is 13.6. The number of nitrogens with one attached hydrogen (secondary N) is 1. The molecule has 0 spiro atoms. The molecule has 0 bridgehead atoms. The fourth-order valence-electron chi connectivity index (χ4n) is 2.71. The Morgan fingerprint density at radius 3 is 2.71 bits per heavy atom. The second-order valence-electron chi connectivity index (χ2n) is 6.42. The average Bonchev–Trinajstić information content (AvgIpc) is 3.28. The van der Waals surface area contributed by atoms with Crippen molar-refractivity contribution >= 4 is 44.9 Å². The number of aromatic nitrogens is 4. The maximum Gasteiger partial charge on any atom is 0.237 e. The number of aryl methyl sites for hydroxylation is 1. The number of amides is 1. The third-order valence-electron chi connectivity index (χ3n) is 4.24. The summed E-state index contributed by atoms with van der Waals surface area (Å²) in [6.07, 6.45) is 2.41. The molecule has 1 N–H and O–H groups in total. The standard InChI is InChI=1S/C20H19N5OS2/c1-13(27-20-24-21-12-25(20)2)19(26)22-15-9-7-14(8-10-15)11-18-23-16-5-3-4-6-17(16)28-18/h3-10,12-13H,11H2,1-2H3,(H,22,26). The van der Waals surface area contributed by atoms with Crippen LogP contribution in [0, 0.1) is 0 Å². The van der Waals surface area contributed by atoms with E-state index in [2.05, 4.69) is 26.6 Å². The van der Waals surface area contributed by atoms with Crippen LogP contribution in [0.4, 0.5) is 5.69 Å². The zero-order valence-electron chi connectivity index (χ0n) is 15.5. The van der Waals surface area contributed by atoms with Gasteiger partial charge in [0, 0.05) is 19.2 Å². The summed E-state index contributed by atoms with van der Waals surface area (Å²) >= 11 is 3.10. The van der Waals surface area contributed by atoms with Gasteiger partial charge in [-0.05, 0) is 36.8 Å². The Balaban J connectivity index is 1.37. The van der Waals surface area contributed by atoms with Crippen LogP contribution in [0.25, 0.3) is 10.2 Å². The van der Waals surface area contributed by atoms with E-state index in [4.69, 9.17) is 0 Å². The van der Waals surface area contributed by atoms with Crippen LogP contribution in [0.1, 0.15) is 17.5 Å². The predicted molar refractivity (Wildman–Crippen MR) is 114 cm³/mol. The number of rotatable bonds is 6. The molecule has 0 fully saturated rings. The topological polar surface area (TPSA) is 72.7 Å². The van der Waals surface area contributed by atoms with Crippen LogP contribution in [-0.2, 0) is 18.3 Å². The zero-order chi connectivity index (χ0) is 19.5. The molecule has 28 heavy (non-hydrogen) atoms. The molecule has 4 aromatic rings. The summed E-state index contributed by atoms with van der Waals surface area (Å²) in [6, 6.07) is 16.1. The molecule has 0 saturated carbocycles. The monoisotopic (exact) mass is 409 g/mol. The van der Waals surface area contributed by atoms with E-state index in [1.807, 2.05) is 56.4 Å². The van der Waals surface area contributed by atoms with E-state index < -0.39 is 0 Å². The average molecular weight is 410 g/mol. The number of fused-ring (bicyclic) bond motifs is 1. The molecule has 8 heteroatoms. The zero-order valence-corrected chi connectivity index (χ0v) is 17.1. The number of para-hydroxylation sites is 1. The summed E-state index contributed by atoms with van der Waals surface area (Å²) in [7, 11) is 1.86. The summed E-state index contributed by atoms with van der Waals surface area (Å²) in [5, 5.41) is 12.3. The molecule has 142 valence electrons. The maximum absolute atomic E-state index is 12.4. The number of benzene rings is 2. The van der Waals surface area contributed by atoms with Gasteiger partial charge >= 0.3 is 0 Å². The molecule has 1 atom stereocenters. The number of anilines is 1. The smallest absolute Gasteiger partial charge is 0.237 e. The Kier molecular flexibility index (Phi) is 5.40. The van der Waals surface area contributed by atoms with Crippen molar-refractivity contribution in [3.63, 3.8) is 0 Å². The fourth-order valence-corrected chi connectivity index (χ4v) is 4.50.